The number of fused-ring (bicyclic) bond motifs is 3. The minimum absolute atomic E-state index is 0.487. The van der Waals surface area contributed by atoms with Gasteiger partial charge in [-0.2, -0.15) is 0 Å². The number of allylic oxidation sites excluding steroid dienone is 2. The van der Waals surface area contributed by atoms with Crippen LogP contribution in [0.3, 0.4) is 0 Å². The molecule has 0 heterocycles. The van der Waals surface area contributed by atoms with E-state index >= 15 is 0 Å². The molecular formula is C52H41N3O. The minimum atomic E-state index is 0.487. The van der Waals surface area contributed by atoms with Crippen molar-refractivity contribution in [3.8, 4) is 56.0 Å². The number of nitrogens with zero attached hydrogens (tertiary/aromatic N) is 3. The molecule has 0 saturated carbocycles. The third kappa shape index (κ3) is 6.60. The summed E-state index contributed by atoms with van der Waals surface area (Å²) in [4.78, 5) is 14.7. The van der Waals surface area contributed by atoms with Crippen LogP contribution in [-0.4, -0.2) is 24.9 Å². The number of hydrogen-bond acceptors (Lipinski definition) is 2. The minimum Gasteiger partial charge on any atom is -0.456 e. The van der Waals surface area contributed by atoms with Crippen molar-refractivity contribution in [3.63, 3.8) is 0 Å². The van der Waals surface area contributed by atoms with Crippen molar-refractivity contribution in [2.24, 2.45) is 20.9 Å². The zero-order valence-electron chi connectivity index (χ0n) is 31.6. The molecule has 0 fully saturated rings. The van der Waals surface area contributed by atoms with Crippen LogP contribution in [0.2, 0.25) is 0 Å². The Hall–Kier alpha value is -6.91. The molecule has 0 N–H and O–H groups in total. The number of benzene rings is 7. The van der Waals surface area contributed by atoms with Crippen LogP contribution >= 0.6 is 0 Å². The zero-order chi connectivity index (χ0) is 38.0. The van der Waals surface area contributed by atoms with Crippen molar-refractivity contribution >= 4 is 29.2 Å². The second kappa shape index (κ2) is 15.1. The summed E-state index contributed by atoms with van der Waals surface area (Å²) >= 11 is 0. The maximum absolute atomic E-state index is 6.83. The van der Waals surface area contributed by atoms with Gasteiger partial charge in [-0.15, -0.1) is 0 Å². The summed E-state index contributed by atoms with van der Waals surface area (Å²) < 4.78 is 6.83. The molecule has 0 aromatic heterocycles. The topological polar surface area (TPSA) is 46.3 Å². The van der Waals surface area contributed by atoms with Gasteiger partial charge in [0, 0.05) is 22.3 Å². The molecule has 2 aliphatic rings. The van der Waals surface area contributed by atoms with Crippen LogP contribution in [0.15, 0.2) is 190 Å². The van der Waals surface area contributed by atoms with E-state index in [0.717, 1.165) is 56.9 Å². The number of aliphatic imine (C=N–C) groups is 3. The predicted molar refractivity (Wildman–Crippen MR) is 235 cm³/mol. The maximum Gasteiger partial charge on any atom is 0.161 e. The first-order chi connectivity index (χ1) is 27.6. The molecule has 0 bridgehead atoms. The average Bonchev–Trinajstić information content (AvgIpc) is 3.58. The highest BCUT2D eigenvalue weighted by Crippen LogP contribution is 2.50. The van der Waals surface area contributed by atoms with Crippen LogP contribution in [0, 0.1) is 12.8 Å². The summed E-state index contributed by atoms with van der Waals surface area (Å²) in [6, 6.07) is 52.8. The smallest absolute Gasteiger partial charge is 0.161 e. The number of para-hydroxylation sites is 1. The molecule has 0 radical (unpaired) electrons. The van der Waals surface area contributed by atoms with E-state index in [1.165, 1.54) is 38.6 Å². The Morgan fingerprint density at radius 1 is 0.625 bits per heavy atom. The number of amidine groups is 2. The fourth-order valence-electron chi connectivity index (χ4n) is 7.88. The first kappa shape index (κ1) is 34.8. The number of ether oxygens (including phenoxy) is 1. The lowest BCUT2D eigenvalue weighted by atomic mass is 9.94. The standard InChI is InChI=1S/C52H41N3O/c1-34-23-25-36(26-24-34)33-54-51(39-29-27-38(28-30-39)37-13-5-4-6-14-37)55-52(53-3)40-18-12-22-48(35(40)2)56-49-21-10-9-17-44(49)43-31-32-47-42-16-8-7-15-41(42)45-19-11-20-46(43)50(45)47/h4-23,25-32,34H,3,24,33H2,1-2H3. The van der Waals surface area contributed by atoms with Crippen molar-refractivity contribution in [2.45, 2.75) is 20.3 Å². The van der Waals surface area contributed by atoms with Gasteiger partial charge in [-0.25, -0.2) is 9.98 Å². The predicted octanol–water partition coefficient (Wildman–Crippen LogP) is 13.3. The largest absolute Gasteiger partial charge is 0.456 e. The molecular weight excluding hydrogens is 683 g/mol. The van der Waals surface area contributed by atoms with Gasteiger partial charge < -0.3 is 4.74 Å². The fraction of sp³-hybridized carbons (Fsp3) is 0.0962. The van der Waals surface area contributed by atoms with Gasteiger partial charge >= 0.3 is 0 Å². The van der Waals surface area contributed by atoms with E-state index in [9.17, 15) is 0 Å². The van der Waals surface area contributed by atoms with Crippen molar-refractivity contribution in [2.75, 3.05) is 6.54 Å². The highest BCUT2D eigenvalue weighted by Gasteiger charge is 2.23. The highest BCUT2D eigenvalue weighted by atomic mass is 16.5. The first-order valence-electron chi connectivity index (χ1n) is 19.2. The lowest BCUT2D eigenvalue weighted by Crippen LogP contribution is -2.08. The van der Waals surface area contributed by atoms with Gasteiger partial charge in [-0.1, -0.05) is 165 Å². The van der Waals surface area contributed by atoms with E-state index in [1.807, 2.05) is 36.4 Å². The molecule has 0 aliphatic heterocycles. The SMILES string of the molecule is C=NC(=NC(=NCC1=CCC(C)C=C1)c1ccc(-c2ccccc2)cc1)c1cccc(Oc2ccccc2-c2ccc3c4c(cccc24)-c2ccccc2-3)c1C. The Labute approximate surface area is 328 Å². The van der Waals surface area contributed by atoms with E-state index in [1.54, 1.807) is 0 Å². The number of rotatable bonds is 8. The molecule has 4 nitrogen and oxygen atoms in total. The number of hydrogen-bond donors (Lipinski definition) is 0. The van der Waals surface area contributed by atoms with Crippen LogP contribution in [0.4, 0.5) is 0 Å². The maximum atomic E-state index is 6.83. The average molecular weight is 724 g/mol. The Balaban J connectivity index is 1.07. The monoisotopic (exact) mass is 723 g/mol. The Bertz CT molecular complexity index is 2720. The molecule has 0 spiro atoms. The molecule has 7 aromatic rings. The van der Waals surface area contributed by atoms with Gasteiger partial charge in [-0.05, 0) is 93.4 Å². The molecule has 9 rings (SSSR count). The van der Waals surface area contributed by atoms with Crippen molar-refractivity contribution < 1.29 is 4.74 Å². The summed E-state index contributed by atoms with van der Waals surface area (Å²) in [5.41, 5.74) is 13.4. The van der Waals surface area contributed by atoms with E-state index in [4.69, 9.17) is 14.7 Å². The van der Waals surface area contributed by atoms with Gasteiger partial charge in [-0.3, -0.25) is 4.99 Å². The van der Waals surface area contributed by atoms with Crippen LogP contribution in [0.25, 0.3) is 55.3 Å². The van der Waals surface area contributed by atoms with Crippen LogP contribution < -0.4 is 4.74 Å². The zero-order valence-corrected chi connectivity index (χ0v) is 31.6. The lowest BCUT2D eigenvalue weighted by molar-refractivity contribution is 0.480. The van der Waals surface area contributed by atoms with E-state index < -0.39 is 0 Å². The molecule has 2 aliphatic carbocycles. The quantitative estimate of drug-likeness (QED) is 0.114. The molecule has 7 aromatic carbocycles. The van der Waals surface area contributed by atoms with E-state index in [0.29, 0.717) is 24.1 Å². The van der Waals surface area contributed by atoms with Crippen LogP contribution in [-0.2, 0) is 0 Å². The van der Waals surface area contributed by atoms with Crippen LogP contribution in [0.1, 0.15) is 30.0 Å². The lowest BCUT2D eigenvalue weighted by Gasteiger charge is -2.17. The Morgan fingerprint density at radius 3 is 2.02 bits per heavy atom. The molecule has 1 unspecified atom stereocenters. The van der Waals surface area contributed by atoms with Gasteiger partial charge in [0.1, 0.15) is 11.5 Å². The van der Waals surface area contributed by atoms with Crippen molar-refractivity contribution in [1.82, 2.24) is 0 Å². The molecule has 1 atom stereocenters. The fourth-order valence-corrected chi connectivity index (χ4v) is 7.88. The third-order valence-corrected chi connectivity index (χ3v) is 10.9. The molecule has 270 valence electrons. The molecule has 56 heavy (non-hydrogen) atoms. The summed E-state index contributed by atoms with van der Waals surface area (Å²) in [7, 11) is 0. The second-order valence-corrected chi connectivity index (χ2v) is 14.5. The van der Waals surface area contributed by atoms with Gasteiger partial charge in [0.2, 0.25) is 0 Å². The second-order valence-electron chi connectivity index (χ2n) is 14.5. The van der Waals surface area contributed by atoms with E-state index in [2.05, 4.69) is 159 Å². The molecule has 4 heteroatoms. The highest BCUT2D eigenvalue weighted by molar-refractivity contribution is 6.19. The molecule has 0 amide bonds. The normalized spacial score (nSPS) is 14.8. The van der Waals surface area contributed by atoms with E-state index in [-0.39, 0.29) is 0 Å². The van der Waals surface area contributed by atoms with Crippen LogP contribution in [0.5, 0.6) is 11.5 Å². The van der Waals surface area contributed by atoms with Crippen molar-refractivity contribution in [3.05, 3.63) is 192 Å². The van der Waals surface area contributed by atoms with Crippen molar-refractivity contribution in [1.29, 1.82) is 0 Å². The first-order valence-corrected chi connectivity index (χ1v) is 19.2. The van der Waals surface area contributed by atoms with Gasteiger partial charge in [0.25, 0.3) is 0 Å². The summed E-state index contributed by atoms with van der Waals surface area (Å²) in [5.74, 6) is 3.12. The summed E-state index contributed by atoms with van der Waals surface area (Å²) in [6.45, 7) is 8.77. The summed E-state index contributed by atoms with van der Waals surface area (Å²) in [5, 5.41) is 2.50. The molecule has 0 saturated heterocycles. The van der Waals surface area contributed by atoms with Gasteiger partial charge in [0.15, 0.2) is 11.7 Å². The summed E-state index contributed by atoms with van der Waals surface area (Å²) in [6.07, 6.45) is 7.70. The Kier molecular flexibility index (Phi) is 9.38. The Morgan fingerprint density at radius 2 is 1.27 bits per heavy atom. The third-order valence-electron chi connectivity index (χ3n) is 10.9. The van der Waals surface area contributed by atoms with Gasteiger partial charge in [0.05, 0.1) is 6.54 Å².